The molecule has 2 N–H and O–H groups in total. The molecule has 1 aliphatic heterocycles. The molecule has 3 rings (SSSR count). The molecule has 2 unspecified atom stereocenters. The van der Waals surface area contributed by atoms with Crippen LogP contribution in [0, 0.1) is 5.82 Å². The van der Waals surface area contributed by atoms with Crippen LogP contribution in [0.25, 0.3) is 0 Å². The smallest absolute Gasteiger partial charge is 0.315 e. The fraction of sp³-hybridized carbons (Fsp3) is 0.562. The molecule has 1 saturated carbocycles. The molecule has 2 aliphatic rings. The minimum atomic E-state index is -0.615. The van der Waals surface area contributed by atoms with E-state index in [9.17, 15) is 9.18 Å². The van der Waals surface area contributed by atoms with E-state index < -0.39 is 5.79 Å². The number of rotatable bonds is 5. The van der Waals surface area contributed by atoms with Gasteiger partial charge >= 0.3 is 6.03 Å². The van der Waals surface area contributed by atoms with Gasteiger partial charge in [0.2, 0.25) is 0 Å². The number of hydrogen-bond acceptors (Lipinski definition) is 3. The summed E-state index contributed by atoms with van der Waals surface area (Å²) in [5.74, 6) is -1.00. The predicted molar refractivity (Wildman–Crippen MR) is 84.0 cm³/mol. The average Bonchev–Trinajstić information content (AvgIpc) is 3.08. The Morgan fingerprint density at radius 3 is 2.87 bits per heavy atom. The molecule has 1 aliphatic carbocycles. The van der Waals surface area contributed by atoms with E-state index in [1.54, 1.807) is 12.1 Å². The van der Waals surface area contributed by atoms with Crippen LogP contribution < -0.4 is 10.6 Å². The minimum Gasteiger partial charge on any atom is -0.348 e. The van der Waals surface area contributed by atoms with Crippen LogP contribution in [0.15, 0.2) is 18.2 Å². The van der Waals surface area contributed by atoms with Gasteiger partial charge in [-0.15, -0.1) is 0 Å². The quantitative estimate of drug-likeness (QED) is 0.865. The zero-order chi connectivity index (χ0) is 16.4. The van der Waals surface area contributed by atoms with Crippen molar-refractivity contribution < 1.29 is 18.7 Å². The molecule has 23 heavy (non-hydrogen) atoms. The number of hydrogen-bond donors (Lipinski definition) is 2. The van der Waals surface area contributed by atoms with Gasteiger partial charge in [-0.3, -0.25) is 0 Å². The Morgan fingerprint density at radius 2 is 2.17 bits per heavy atom. The number of benzene rings is 1. The van der Waals surface area contributed by atoms with Gasteiger partial charge in [-0.1, -0.05) is 17.7 Å². The Hall–Kier alpha value is -1.37. The van der Waals surface area contributed by atoms with Crippen LogP contribution in [-0.4, -0.2) is 37.6 Å². The van der Waals surface area contributed by atoms with Crippen molar-refractivity contribution in [3.05, 3.63) is 34.6 Å². The van der Waals surface area contributed by atoms with Crippen LogP contribution >= 0.6 is 11.6 Å². The van der Waals surface area contributed by atoms with Crippen molar-refractivity contribution in [3.63, 3.8) is 0 Å². The van der Waals surface area contributed by atoms with Crippen molar-refractivity contribution in [2.75, 3.05) is 19.8 Å². The molecule has 7 heteroatoms. The zero-order valence-electron chi connectivity index (χ0n) is 12.9. The van der Waals surface area contributed by atoms with Gasteiger partial charge in [0.1, 0.15) is 5.82 Å². The standard InChI is InChI=1S/C16H20ClFN2O3/c1-16(22-7-8-23-16)5-6-19-15(21)20-13-9-10(13)14-11(17)3-2-4-12(14)18/h2-4,10,13H,5-9H2,1H3,(H2,19,20,21). The lowest BCUT2D eigenvalue weighted by Gasteiger charge is -2.22. The Bertz CT molecular complexity index is 572. The van der Waals surface area contributed by atoms with Crippen LogP contribution in [0.5, 0.6) is 0 Å². The molecule has 5 nitrogen and oxygen atoms in total. The molecule has 1 aromatic rings. The molecule has 0 bridgehead atoms. The van der Waals surface area contributed by atoms with Crippen LogP contribution in [0.2, 0.25) is 5.02 Å². The highest BCUT2D eigenvalue weighted by Gasteiger charge is 2.42. The predicted octanol–water partition coefficient (Wildman–Crippen LogP) is 2.79. The van der Waals surface area contributed by atoms with E-state index in [0.29, 0.717) is 43.2 Å². The number of halogens is 2. The van der Waals surface area contributed by atoms with E-state index in [0.717, 1.165) is 0 Å². The molecule has 126 valence electrons. The van der Waals surface area contributed by atoms with Crippen molar-refractivity contribution in [1.82, 2.24) is 10.6 Å². The molecule has 2 amide bonds. The largest absolute Gasteiger partial charge is 0.348 e. The van der Waals surface area contributed by atoms with Gasteiger partial charge in [0.15, 0.2) is 5.79 Å². The van der Waals surface area contributed by atoms with Crippen molar-refractivity contribution in [3.8, 4) is 0 Å². The van der Waals surface area contributed by atoms with Crippen molar-refractivity contribution >= 4 is 17.6 Å². The summed E-state index contributed by atoms with van der Waals surface area (Å²) in [5.41, 5.74) is 0.486. The number of nitrogens with one attached hydrogen (secondary N) is 2. The summed E-state index contributed by atoms with van der Waals surface area (Å²) in [6.45, 7) is 3.46. The van der Waals surface area contributed by atoms with Gasteiger partial charge in [0.05, 0.1) is 13.2 Å². The first kappa shape index (κ1) is 16.5. The first-order chi connectivity index (χ1) is 11.0. The molecule has 2 atom stereocenters. The van der Waals surface area contributed by atoms with Gasteiger partial charge in [-0.2, -0.15) is 0 Å². The highest BCUT2D eigenvalue weighted by Crippen LogP contribution is 2.44. The van der Waals surface area contributed by atoms with E-state index in [1.165, 1.54) is 6.07 Å². The molecule has 0 spiro atoms. The summed E-state index contributed by atoms with van der Waals surface area (Å²) in [6.07, 6.45) is 1.27. The highest BCUT2D eigenvalue weighted by atomic mass is 35.5. The van der Waals surface area contributed by atoms with E-state index >= 15 is 0 Å². The summed E-state index contributed by atoms with van der Waals surface area (Å²) >= 11 is 6.04. The summed E-state index contributed by atoms with van der Waals surface area (Å²) in [5, 5.41) is 6.01. The van der Waals surface area contributed by atoms with Crippen LogP contribution in [0.4, 0.5) is 9.18 Å². The maximum atomic E-state index is 13.8. The molecular formula is C16H20ClFN2O3. The maximum absolute atomic E-state index is 13.8. The lowest BCUT2D eigenvalue weighted by Crippen LogP contribution is -2.40. The van der Waals surface area contributed by atoms with Crippen molar-refractivity contribution in [2.45, 2.75) is 37.5 Å². The van der Waals surface area contributed by atoms with Crippen molar-refractivity contribution in [1.29, 1.82) is 0 Å². The topological polar surface area (TPSA) is 59.6 Å². The number of ether oxygens (including phenoxy) is 2. The second-order valence-corrected chi connectivity index (χ2v) is 6.47. The van der Waals surface area contributed by atoms with Crippen LogP contribution in [0.1, 0.15) is 31.2 Å². The molecular weight excluding hydrogens is 323 g/mol. The molecule has 0 aromatic heterocycles. The average molecular weight is 343 g/mol. The minimum absolute atomic E-state index is 0.0616. The molecule has 0 radical (unpaired) electrons. The fourth-order valence-electron chi connectivity index (χ4n) is 2.86. The second-order valence-electron chi connectivity index (χ2n) is 6.06. The van der Waals surface area contributed by atoms with E-state index in [1.807, 2.05) is 6.92 Å². The summed E-state index contributed by atoms with van der Waals surface area (Å²) in [6, 6.07) is 4.27. The summed E-state index contributed by atoms with van der Waals surface area (Å²) < 4.78 is 24.8. The Balaban J connectivity index is 1.43. The third-order valence-corrected chi connectivity index (χ3v) is 4.57. The third kappa shape index (κ3) is 3.94. The molecule has 1 saturated heterocycles. The lowest BCUT2D eigenvalue weighted by molar-refractivity contribution is -0.145. The van der Waals surface area contributed by atoms with Crippen LogP contribution in [-0.2, 0) is 9.47 Å². The number of urea groups is 1. The van der Waals surface area contributed by atoms with Gasteiger partial charge in [-0.25, -0.2) is 9.18 Å². The second kappa shape index (κ2) is 6.63. The molecule has 1 aromatic carbocycles. The van der Waals surface area contributed by atoms with E-state index in [4.69, 9.17) is 21.1 Å². The van der Waals surface area contributed by atoms with E-state index in [2.05, 4.69) is 10.6 Å². The van der Waals surface area contributed by atoms with Crippen LogP contribution in [0.3, 0.4) is 0 Å². The first-order valence-corrected chi connectivity index (χ1v) is 8.12. The van der Waals surface area contributed by atoms with E-state index in [-0.39, 0.29) is 23.8 Å². The van der Waals surface area contributed by atoms with Gasteiger partial charge in [-0.05, 0) is 25.5 Å². The number of carbonyl (C=O) groups excluding carboxylic acids is 1. The highest BCUT2D eigenvalue weighted by molar-refractivity contribution is 6.31. The zero-order valence-corrected chi connectivity index (χ0v) is 13.7. The van der Waals surface area contributed by atoms with Gasteiger partial charge in [0, 0.05) is 35.5 Å². The first-order valence-electron chi connectivity index (χ1n) is 7.75. The molecule has 1 heterocycles. The summed E-state index contributed by atoms with van der Waals surface area (Å²) in [4.78, 5) is 11.9. The SMILES string of the molecule is CC1(CCNC(=O)NC2CC2c2c(F)cccc2Cl)OCCO1. The Labute approximate surface area is 139 Å². The monoisotopic (exact) mass is 342 g/mol. The fourth-order valence-corrected chi connectivity index (χ4v) is 3.17. The summed E-state index contributed by atoms with van der Waals surface area (Å²) in [7, 11) is 0. The Kier molecular flexibility index (Phi) is 4.75. The number of carbonyl (C=O) groups is 1. The third-order valence-electron chi connectivity index (χ3n) is 4.24. The molecule has 2 fully saturated rings. The maximum Gasteiger partial charge on any atom is 0.315 e. The van der Waals surface area contributed by atoms with Gasteiger partial charge in [0.25, 0.3) is 0 Å². The Morgan fingerprint density at radius 1 is 1.43 bits per heavy atom. The lowest BCUT2D eigenvalue weighted by atomic mass is 10.1. The number of amides is 2. The van der Waals surface area contributed by atoms with Gasteiger partial charge < -0.3 is 20.1 Å². The van der Waals surface area contributed by atoms with Crippen molar-refractivity contribution in [2.24, 2.45) is 0 Å². The normalized spacial score (nSPS) is 25.2.